The number of esters is 1. The molecule has 2 heterocycles. The molecule has 0 aliphatic carbocycles. The highest BCUT2D eigenvalue weighted by Gasteiger charge is 2.28. The summed E-state index contributed by atoms with van der Waals surface area (Å²) in [6.07, 6.45) is 1.61. The van der Waals surface area contributed by atoms with Gasteiger partial charge in [0.15, 0.2) is 11.4 Å². The molecule has 0 amide bonds. The number of anilines is 1. The molecule has 0 radical (unpaired) electrons. The molecule has 0 aliphatic heterocycles. The van der Waals surface area contributed by atoms with Gasteiger partial charge in [0.1, 0.15) is 0 Å². The zero-order valence-electron chi connectivity index (χ0n) is 15.5. The number of aromatic nitrogens is 3. The number of nitrogens with one attached hydrogen (secondary N) is 1. The van der Waals surface area contributed by atoms with Crippen molar-refractivity contribution in [1.82, 2.24) is 14.8 Å². The van der Waals surface area contributed by atoms with Crippen molar-refractivity contribution in [2.45, 2.75) is 6.92 Å². The van der Waals surface area contributed by atoms with Crippen LogP contribution in [0.1, 0.15) is 33.5 Å². The summed E-state index contributed by atoms with van der Waals surface area (Å²) in [5, 5.41) is 5.64. The van der Waals surface area contributed by atoms with Gasteiger partial charge in [0.2, 0.25) is 5.78 Å². The smallest absolute Gasteiger partial charge is 0.359 e. The average Bonchev–Trinajstić information content (AvgIpc) is 3.30. The fourth-order valence-corrected chi connectivity index (χ4v) is 3.28. The van der Waals surface area contributed by atoms with Gasteiger partial charge in [-0.2, -0.15) is 5.10 Å². The molecule has 8 heteroatoms. The number of fused-ring (bicyclic) bond motifs is 1. The summed E-state index contributed by atoms with van der Waals surface area (Å²) in [6, 6.07) is 14.1. The Bertz CT molecular complexity index is 1220. The van der Waals surface area contributed by atoms with Crippen LogP contribution in [0.5, 0.6) is 0 Å². The lowest BCUT2D eigenvalue weighted by molar-refractivity contribution is 0.0517. The molecule has 0 unspecified atom stereocenters. The van der Waals surface area contributed by atoms with Crippen molar-refractivity contribution in [2.75, 3.05) is 12.3 Å². The highest BCUT2D eigenvalue weighted by atomic mass is 35.5. The van der Waals surface area contributed by atoms with Crippen LogP contribution in [-0.2, 0) is 4.74 Å². The standard InChI is InChI=1S/C21H17ClN4O3/c1-2-29-21(28)19-17(23)18(25-26(19)13-9-7-12(22)8-10-13)20(27)15-11-24-16-6-4-3-5-14(15)16/h3-11,24H,2,23H2,1H3. The number of hydrogen-bond donors (Lipinski definition) is 2. The van der Waals surface area contributed by atoms with E-state index in [1.54, 1.807) is 37.4 Å². The van der Waals surface area contributed by atoms with Crippen molar-refractivity contribution < 1.29 is 14.3 Å². The molecule has 146 valence electrons. The summed E-state index contributed by atoms with van der Waals surface area (Å²) in [5.74, 6) is -1.05. The van der Waals surface area contributed by atoms with Gasteiger partial charge >= 0.3 is 5.97 Å². The van der Waals surface area contributed by atoms with Crippen molar-refractivity contribution >= 4 is 39.9 Å². The molecule has 7 nitrogen and oxygen atoms in total. The Morgan fingerprint density at radius 1 is 1.17 bits per heavy atom. The number of aromatic amines is 1. The third-order valence-corrected chi connectivity index (χ3v) is 4.76. The molecule has 0 saturated carbocycles. The summed E-state index contributed by atoms with van der Waals surface area (Å²) < 4.78 is 6.44. The van der Waals surface area contributed by atoms with Crippen LogP contribution in [0.15, 0.2) is 54.7 Å². The minimum atomic E-state index is -0.662. The number of carbonyl (C=O) groups excluding carboxylic acids is 2. The topological polar surface area (TPSA) is 103 Å². The second-order valence-corrected chi connectivity index (χ2v) is 6.73. The highest BCUT2D eigenvalue weighted by molar-refractivity contribution is 6.30. The van der Waals surface area contributed by atoms with Gasteiger partial charge in [-0.1, -0.05) is 29.8 Å². The first-order valence-electron chi connectivity index (χ1n) is 8.93. The molecule has 0 saturated heterocycles. The van der Waals surface area contributed by atoms with E-state index in [9.17, 15) is 9.59 Å². The van der Waals surface area contributed by atoms with Crippen LogP contribution in [-0.4, -0.2) is 33.1 Å². The second-order valence-electron chi connectivity index (χ2n) is 6.30. The summed E-state index contributed by atoms with van der Waals surface area (Å²) in [6.45, 7) is 1.85. The molecule has 29 heavy (non-hydrogen) atoms. The number of ketones is 1. The first-order chi connectivity index (χ1) is 14.0. The molecule has 4 aromatic rings. The number of nitrogens with zero attached hydrogens (tertiary/aromatic N) is 2. The van der Waals surface area contributed by atoms with Crippen molar-refractivity contribution in [3.63, 3.8) is 0 Å². The largest absolute Gasteiger partial charge is 0.461 e. The van der Waals surface area contributed by atoms with Gasteiger partial charge in [-0.3, -0.25) is 4.79 Å². The number of H-pyrrole nitrogens is 1. The number of rotatable bonds is 5. The molecular weight excluding hydrogens is 392 g/mol. The molecular formula is C21H17ClN4O3. The molecule has 2 aromatic heterocycles. The first kappa shape index (κ1) is 18.8. The van der Waals surface area contributed by atoms with Gasteiger partial charge in [0, 0.05) is 27.7 Å². The van der Waals surface area contributed by atoms with Crippen LogP contribution in [0, 0.1) is 0 Å². The van der Waals surface area contributed by atoms with E-state index in [1.807, 2.05) is 24.3 Å². The molecule has 0 atom stereocenters. The number of carbonyl (C=O) groups is 2. The predicted octanol–water partition coefficient (Wildman–Crippen LogP) is 4.00. The quantitative estimate of drug-likeness (QED) is 0.384. The number of benzene rings is 2. The fourth-order valence-electron chi connectivity index (χ4n) is 3.15. The number of nitrogen functional groups attached to an aromatic ring is 1. The van der Waals surface area contributed by atoms with Gasteiger partial charge in [-0.15, -0.1) is 0 Å². The minimum absolute atomic E-state index is 0.00244. The van der Waals surface area contributed by atoms with E-state index in [1.165, 1.54) is 4.68 Å². The molecule has 4 rings (SSSR count). The Labute approximate surface area is 171 Å². The van der Waals surface area contributed by atoms with E-state index in [-0.39, 0.29) is 23.7 Å². The van der Waals surface area contributed by atoms with Crippen LogP contribution < -0.4 is 5.73 Å². The van der Waals surface area contributed by atoms with Crippen LogP contribution in [0.25, 0.3) is 16.6 Å². The van der Waals surface area contributed by atoms with Crippen LogP contribution in [0.4, 0.5) is 5.69 Å². The van der Waals surface area contributed by atoms with E-state index >= 15 is 0 Å². The van der Waals surface area contributed by atoms with Crippen molar-refractivity contribution in [2.24, 2.45) is 0 Å². The first-order valence-corrected chi connectivity index (χ1v) is 9.31. The second kappa shape index (κ2) is 7.44. The van der Waals surface area contributed by atoms with Crippen molar-refractivity contribution in [3.8, 4) is 5.69 Å². The maximum Gasteiger partial charge on any atom is 0.359 e. The number of hydrogen-bond acceptors (Lipinski definition) is 5. The molecule has 0 spiro atoms. The molecule has 0 fully saturated rings. The zero-order chi connectivity index (χ0) is 20.5. The molecule has 2 aromatic carbocycles. The number of para-hydroxylation sites is 1. The zero-order valence-corrected chi connectivity index (χ0v) is 16.2. The Hall–Kier alpha value is -3.58. The van der Waals surface area contributed by atoms with Crippen LogP contribution in [0.2, 0.25) is 5.02 Å². The third kappa shape index (κ3) is 3.25. The summed E-state index contributed by atoms with van der Waals surface area (Å²) >= 11 is 5.96. The molecule has 3 N–H and O–H groups in total. The molecule has 0 aliphatic rings. The number of halogens is 1. The van der Waals surface area contributed by atoms with E-state index in [2.05, 4.69) is 10.1 Å². The van der Waals surface area contributed by atoms with Gasteiger partial charge in [-0.05, 0) is 37.3 Å². The lowest BCUT2D eigenvalue weighted by atomic mass is 10.1. The van der Waals surface area contributed by atoms with Crippen molar-refractivity contribution in [1.29, 1.82) is 0 Å². The Kier molecular flexibility index (Phi) is 4.82. The third-order valence-electron chi connectivity index (χ3n) is 4.51. The Balaban J connectivity index is 1.88. The van der Waals surface area contributed by atoms with E-state index < -0.39 is 11.8 Å². The van der Waals surface area contributed by atoms with E-state index in [4.69, 9.17) is 22.1 Å². The average molecular weight is 409 g/mol. The van der Waals surface area contributed by atoms with Gasteiger partial charge in [0.05, 0.1) is 18.0 Å². The van der Waals surface area contributed by atoms with E-state index in [0.29, 0.717) is 16.3 Å². The fraction of sp³-hybridized carbons (Fsp3) is 0.0952. The van der Waals surface area contributed by atoms with Crippen LogP contribution in [0.3, 0.4) is 0 Å². The summed E-state index contributed by atoms with van der Waals surface area (Å²) in [4.78, 5) is 28.8. The monoisotopic (exact) mass is 408 g/mol. The summed E-state index contributed by atoms with van der Waals surface area (Å²) in [7, 11) is 0. The van der Waals surface area contributed by atoms with Crippen molar-refractivity contribution in [3.05, 3.63) is 76.7 Å². The Morgan fingerprint density at radius 2 is 1.90 bits per heavy atom. The van der Waals surface area contributed by atoms with E-state index in [0.717, 1.165) is 10.9 Å². The maximum absolute atomic E-state index is 13.2. The van der Waals surface area contributed by atoms with Crippen LogP contribution >= 0.6 is 11.6 Å². The van der Waals surface area contributed by atoms with Gasteiger partial charge in [-0.25, -0.2) is 9.48 Å². The normalized spacial score (nSPS) is 11.0. The van der Waals surface area contributed by atoms with Gasteiger partial charge in [0.25, 0.3) is 0 Å². The minimum Gasteiger partial charge on any atom is -0.461 e. The number of ether oxygens (including phenoxy) is 1. The van der Waals surface area contributed by atoms with Gasteiger partial charge < -0.3 is 15.5 Å². The Morgan fingerprint density at radius 3 is 2.62 bits per heavy atom. The predicted molar refractivity (Wildman–Crippen MR) is 111 cm³/mol. The maximum atomic E-state index is 13.2. The molecule has 0 bridgehead atoms. The lowest BCUT2D eigenvalue weighted by Gasteiger charge is -2.07. The number of nitrogens with two attached hydrogens (primary N) is 1. The SMILES string of the molecule is CCOC(=O)c1c(N)c(C(=O)c2c[nH]c3ccccc23)nn1-c1ccc(Cl)cc1. The highest BCUT2D eigenvalue weighted by Crippen LogP contribution is 2.27. The summed E-state index contributed by atoms with van der Waals surface area (Å²) in [5.41, 5.74) is 7.92. The lowest BCUT2D eigenvalue weighted by Crippen LogP contribution is -2.13.